The minimum absolute atomic E-state index is 0.109. The molecule has 0 bridgehead atoms. The third-order valence-electron chi connectivity index (χ3n) is 5.68. The fourth-order valence-corrected chi connectivity index (χ4v) is 5.08. The quantitative estimate of drug-likeness (QED) is 0.537. The van der Waals surface area contributed by atoms with Gasteiger partial charge < -0.3 is 19.7 Å². The van der Waals surface area contributed by atoms with E-state index in [0.717, 1.165) is 30.9 Å². The smallest absolute Gasteiger partial charge is 0.251 e. The number of likely N-dealkylation sites (N-methyl/N-ethyl adjacent to an activating group) is 1. The van der Waals surface area contributed by atoms with Crippen LogP contribution >= 0.6 is 0 Å². The van der Waals surface area contributed by atoms with Crippen LogP contribution in [0.4, 0.5) is 0 Å². The number of sulfonamides is 1. The van der Waals surface area contributed by atoms with Gasteiger partial charge in [-0.2, -0.15) is 4.31 Å². The lowest BCUT2D eigenvalue weighted by Crippen LogP contribution is -2.40. The SMILES string of the molecule is CCN(CC)CCOc1ccccc1CNC(=O)c1cccc(S(=O)(=O)N2CCOCC2)c1. The lowest BCUT2D eigenvalue weighted by molar-refractivity contribution is 0.0730. The number of amides is 1. The van der Waals surface area contributed by atoms with Crippen molar-refractivity contribution in [3.8, 4) is 5.75 Å². The predicted molar refractivity (Wildman–Crippen MR) is 127 cm³/mol. The van der Waals surface area contributed by atoms with Crippen molar-refractivity contribution in [1.82, 2.24) is 14.5 Å². The monoisotopic (exact) mass is 475 g/mol. The summed E-state index contributed by atoms with van der Waals surface area (Å²) in [6.07, 6.45) is 0. The van der Waals surface area contributed by atoms with E-state index >= 15 is 0 Å². The molecule has 0 atom stereocenters. The van der Waals surface area contributed by atoms with Crippen molar-refractivity contribution in [2.24, 2.45) is 0 Å². The first-order valence-corrected chi connectivity index (χ1v) is 12.8. The Kier molecular flexibility index (Phi) is 9.25. The molecule has 3 rings (SSSR count). The van der Waals surface area contributed by atoms with E-state index in [2.05, 4.69) is 24.1 Å². The summed E-state index contributed by atoms with van der Waals surface area (Å²) in [7, 11) is -3.66. The molecule has 1 aliphatic rings. The molecule has 0 aromatic heterocycles. The normalized spacial score (nSPS) is 14.9. The van der Waals surface area contributed by atoms with E-state index in [4.69, 9.17) is 9.47 Å². The van der Waals surface area contributed by atoms with Crippen LogP contribution in [0, 0.1) is 0 Å². The van der Waals surface area contributed by atoms with Crippen LogP contribution in [0.25, 0.3) is 0 Å². The highest BCUT2D eigenvalue weighted by Gasteiger charge is 2.26. The second-order valence-electron chi connectivity index (χ2n) is 7.71. The minimum Gasteiger partial charge on any atom is -0.492 e. The lowest BCUT2D eigenvalue weighted by Gasteiger charge is -2.26. The fourth-order valence-electron chi connectivity index (χ4n) is 3.63. The molecule has 1 fully saturated rings. The van der Waals surface area contributed by atoms with E-state index in [-0.39, 0.29) is 17.3 Å². The maximum Gasteiger partial charge on any atom is 0.251 e. The van der Waals surface area contributed by atoms with Crippen molar-refractivity contribution < 1.29 is 22.7 Å². The van der Waals surface area contributed by atoms with Crippen LogP contribution in [0.2, 0.25) is 0 Å². The molecule has 1 aliphatic heterocycles. The Bertz CT molecular complexity index is 1020. The Morgan fingerprint density at radius 2 is 1.82 bits per heavy atom. The van der Waals surface area contributed by atoms with Crippen molar-refractivity contribution in [1.29, 1.82) is 0 Å². The van der Waals surface area contributed by atoms with Crippen molar-refractivity contribution in [3.63, 3.8) is 0 Å². The molecule has 1 saturated heterocycles. The zero-order valence-electron chi connectivity index (χ0n) is 19.3. The van der Waals surface area contributed by atoms with Gasteiger partial charge in [-0.3, -0.25) is 4.79 Å². The zero-order valence-corrected chi connectivity index (χ0v) is 20.1. The van der Waals surface area contributed by atoms with Gasteiger partial charge in [0.15, 0.2) is 0 Å². The summed E-state index contributed by atoms with van der Waals surface area (Å²) in [5.41, 5.74) is 1.16. The molecule has 8 nitrogen and oxygen atoms in total. The Morgan fingerprint density at radius 3 is 2.55 bits per heavy atom. The van der Waals surface area contributed by atoms with Crippen LogP contribution in [0.3, 0.4) is 0 Å². The summed E-state index contributed by atoms with van der Waals surface area (Å²) < 4.78 is 38.4. The van der Waals surface area contributed by atoms with E-state index < -0.39 is 10.0 Å². The molecule has 0 spiro atoms. The number of ether oxygens (including phenoxy) is 2. The molecular formula is C24H33N3O5S. The van der Waals surface area contributed by atoms with Gasteiger partial charge >= 0.3 is 0 Å². The van der Waals surface area contributed by atoms with Gasteiger partial charge in [0, 0.05) is 37.3 Å². The number of carbonyl (C=O) groups is 1. The highest BCUT2D eigenvalue weighted by Crippen LogP contribution is 2.20. The Balaban J connectivity index is 1.63. The number of nitrogens with zero attached hydrogens (tertiary/aromatic N) is 2. The Morgan fingerprint density at radius 1 is 1.09 bits per heavy atom. The first-order valence-electron chi connectivity index (χ1n) is 11.3. The molecule has 0 saturated carbocycles. The van der Waals surface area contributed by atoms with Crippen molar-refractivity contribution >= 4 is 15.9 Å². The fraction of sp³-hybridized carbons (Fsp3) is 0.458. The average Bonchev–Trinajstić information content (AvgIpc) is 2.86. The van der Waals surface area contributed by atoms with Crippen LogP contribution in [0.15, 0.2) is 53.4 Å². The summed E-state index contributed by atoms with van der Waals surface area (Å²) in [6, 6.07) is 13.7. The third-order valence-corrected chi connectivity index (χ3v) is 7.57. The average molecular weight is 476 g/mol. The molecule has 1 heterocycles. The Hall–Kier alpha value is -2.46. The summed E-state index contributed by atoms with van der Waals surface area (Å²) in [5, 5.41) is 2.88. The molecule has 0 aliphatic carbocycles. The van der Waals surface area contributed by atoms with Gasteiger partial charge in [-0.25, -0.2) is 8.42 Å². The molecule has 2 aromatic carbocycles. The molecular weight excluding hydrogens is 442 g/mol. The van der Waals surface area contributed by atoms with E-state index in [1.165, 1.54) is 16.4 Å². The molecule has 0 unspecified atom stereocenters. The van der Waals surface area contributed by atoms with E-state index in [0.29, 0.717) is 38.5 Å². The highest BCUT2D eigenvalue weighted by atomic mass is 32.2. The van der Waals surface area contributed by atoms with Crippen molar-refractivity contribution in [2.45, 2.75) is 25.3 Å². The van der Waals surface area contributed by atoms with Gasteiger partial charge in [-0.1, -0.05) is 38.1 Å². The lowest BCUT2D eigenvalue weighted by atomic mass is 10.1. The van der Waals surface area contributed by atoms with Gasteiger partial charge in [-0.15, -0.1) is 0 Å². The van der Waals surface area contributed by atoms with Gasteiger partial charge in [0.25, 0.3) is 5.91 Å². The number of hydrogen-bond donors (Lipinski definition) is 1. The molecule has 1 amide bonds. The summed E-state index contributed by atoms with van der Waals surface area (Å²) in [6.45, 7) is 9.21. The number of nitrogens with one attached hydrogen (secondary N) is 1. The molecule has 1 N–H and O–H groups in total. The maximum absolute atomic E-state index is 12.9. The zero-order chi connectivity index (χ0) is 23.7. The maximum atomic E-state index is 12.9. The first-order chi connectivity index (χ1) is 16.0. The van der Waals surface area contributed by atoms with E-state index in [9.17, 15) is 13.2 Å². The predicted octanol–water partition coefficient (Wildman–Crippen LogP) is 2.36. The van der Waals surface area contributed by atoms with Crippen LogP contribution in [-0.2, 0) is 21.3 Å². The molecule has 9 heteroatoms. The highest BCUT2D eigenvalue weighted by molar-refractivity contribution is 7.89. The molecule has 0 radical (unpaired) electrons. The van der Waals surface area contributed by atoms with Gasteiger partial charge in [0.2, 0.25) is 10.0 Å². The van der Waals surface area contributed by atoms with Crippen molar-refractivity contribution in [2.75, 3.05) is 52.5 Å². The van der Waals surface area contributed by atoms with Gasteiger partial charge in [-0.05, 0) is 37.4 Å². The summed E-state index contributed by atoms with van der Waals surface area (Å²) in [5.74, 6) is 0.389. The molecule has 180 valence electrons. The number of para-hydroxylation sites is 1. The van der Waals surface area contributed by atoms with Gasteiger partial charge in [0.1, 0.15) is 12.4 Å². The second kappa shape index (κ2) is 12.1. The molecule has 2 aromatic rings. The largest absolute Gasteiger partial charge is 0.492 e. The third kappa shape index (κ3) is 6.77. The summed E-state index contributed by atoms with van der Waals surface area (Å²) in [4.78, 5) is 15.2. The van der Waals surface area contributed by atoms with Gasteiger partial charge in [0.05, 0.1) is 18.1 Å². The second-order valence-corrected chi connectivity index (χ2v) is 9.65. The number of carbonyl (C=O) groups excluding carboxylic acids is 1. The Labute approximate surface area is 196 Å². The number of morpholine rings is 1. The van der Waals surface area contributed by atoms with Crippen LogP contribution < -0.4 is 10.1 Å². The number of rotatable bonds is 11. The van der Waals surface area contributed by atoms with Crippen LogP contribution in [0.5, 0.6) is 5.75 Å². The number of benzene rings is 2. The van der Waals surface area contributed by atoms with E-state index in [1.54, 1.807) is 12.1 Å². The summed E-state index contributed by atoms with van der Waals surface area (Å²) >= 11 is 0. The molecule has 33 heavy (non-hydrogen) atoms. The topological polar surface area (TPSA) is 88.2 Å². The standard InChI is InChI=1S/C24H33N3O5S/c1-3-26(4-2)12-17-32-23-11-6-5-8-21(23)19-25-24(28)20-9-7-10-22(18-20)33(29,30)27-13-15-31-16-14-27/h5-11,18H,3-4,12-17,19H2,1-2H3,(H,25,28). The van der Waals surface area contributed by atoms with Crippen LogP contribution in [-0.4, -0.2) is 76.1 Å². The minimum atomic E-state index is -3.66. The van der Waals surface area contributed by atoms with E-state index in [1.807, 2.05) is 24.3 Å². The first kappa shape index (κ1) is 25.2. The van der Waals surface area contributed by atoms with Crippen molar-refractivity contribution in [3.05, 3.63) is 59.7 Å². The number of hydrogen-bond acceptors (Lipinski definition) is 6. The van der Waals surface area contributed by atoms with Crippen LogP contribution in [0.1, 0.15) is 29.8 Å².